The van der Waals surface area contributed by atoms with Crippen LogP contribution in [0, 0.1) is 11.3 Å². The van der Waals surface area contributed by atoms with Gasteiger partial charge in [0.15, 0.2) is 0 Å². The van der Waals surface area contributed by atoms with Gasteiger partial charge in [0.25, 0.3) is 0 Å². The molecule has 0 fully saturated rings. The second-order valence-corrected chi connectivity index (χ2v) is 5.91. The number of rotatable bonds is 4. The first-order valence-electron chi connectivity index (χ1n) is 5.75. The van der Waals surface area contributed by atoms with E-state index in [0.717, 1.165) is 10.5 Å². The third-order valence-electron chi connectivity index (χ3n) is 2.70. The number of nitriles is 1. The normalized spacial score (nSPS) is 10.0. The zero-order valence-corrected chi connectivity index (χ0v) is 12.7. The highest BCUT2D eigenvalue weighted by Crippen LogP contribution is 2.28. The van der Waals surface area contributed by atoms with Crippen molar-refractivity contribution in [2.45, 2.75) is 10.6 Å². The quantitative estimate of drug-likeness (QED) is 0.837. The second-order valence-electron chi connectivity index (χ2n) is 4.00. The lowest BCUT2D eigenvalue weighted by Gasteiger charge is -2.06. The number of hydrogen-bond acceptors (Lipinski definition) is 3. The fourth-order valence-electron chi connectivity index (χ4n) is 1.67. The van der Waals surface area contributed by atoms with Crippen LogP contribution in [-0.4, -0.2) is 11.1 Å². The summed E-state index contributed by atoms with van der Waals surface area (Å²) in [5.74, 6) is -0.332. The summed E-state index contributed by atoms with van der Waals surface area (Å²) in [4.78, 5) is 11.9. The maximum atomic E-state index is 11.1. The minimum atomic E-state index is -0.961. The van der Waals surface area contributed by atoms with Crippen LogP contribution >= 0.6 is 27.7 Å². The summed E-state index contributed by atoms with van der Waals surface area (Å²) in [7, 11) is 0. The maximum absolute atomic E-state index is 11.1. The Bertz CT molecular complexity index is 695. The number of benzene rings is 2. The van der Waals surface area contributed by atoms with Gasteiger partial charge in [-0.25, -0.2) is 4.79 Å². The number of thioether (sulfide) groups is 1. The Morgan fingerprint density at radius 3 is 2.75 bits per heavy atom. The zero-order valence-electron chi connectivity index (χ0n) is 10.3. The van der Waals surface area contributed by atoms with Gasteiger partial charge in [0.1, 0.15) is 0 Å². The van der Waals surface area contributed by atoms with E-state index in [4.69, 9.17) is 10.4 Å². The third kappa shape index (κ3) is 3.41. The number of nitrogens with zero attached hydrogens (tertiary/aromatic N) is 1. The lowest BCUT2D eigenvalue weighted by Crippen LogP contribution is -1.97. The van der Waals surface area contributed by atoms with Crippen molar-refractivity contribution in [2.75, 3.05) is 0 Å². The summed E-state index contributed by atoms with van der Waals surface area (Å²) in [5, 5.41) is 18.1. The molecule has 0 aliphatic heterocycles. The lowest BCUT2D eigenvalue weighted by molar-refractivity contribution is 0.0695. The third-order valence-corrected chi connectivity index (χ3v) is 4.43. The number of carboxylic acid groups (broad SMARTS) is 1. The predicted molar refractivity (Wildman–Crippen MR) is 81.8 cm³/mol. The molecule has 0 heterocycles. The van der Waals surface area contributed by atoms with Gasteiger partial charge in [0.2, 0.25) is 0 Å². The van der Waals surface area contributed by atoms with Gasteiger partial charge in [-0.2, -0.15) is 5.26 Å². The van der Waals surface area contributed by atoms with Crippen LogP contribution in [0.2, 0.25) is 0 Å². The van der Waals surface area contributed by atoms with Crippen molar-refractivity contribution in [1.82, 2.24) is 0 Å². The smallest absolute Gasteiger partial charge is 0.336 e. The molecule has 0 amide bonds. The average Bonchev–Trinajstić information content (AvgIpc) is 2.46. The molecular formula is C15H10BrNO2S. The van der Waals surface area contributed by atoms with Gasteiger partial charge in [-0.05, 0) is 45.8 Å². The van der Waals surface area contributed by atoms with E-state index in [1.54, 1.807) is 18.2 Å². The van der Waals surface area contributed by atoms with Crippen LogP contribution in [0.25, 0.3) is 0 Å². The summed E-state index contributed by atoms with van der Waals surface area (Å²) in [5.41, 5.74) is 1.83. The van der Waals surface area contributed by atoms with Gasteiger partial charge in [0, 0.05) is 15.1 Å². The van der Waals surface area contributed by atoms with E-state index in [9.17, 15) is 4.79 Å². The van der Waals surface area contributed by atoms with E-state index in [-0.39, 0.29) is 5.56 Å². The van der Waals surface area contributed by atoms with Crippen LogP contribution in [0.1, 0.15) is 21.5 Å². The number of hydrogen-bond donors (Lipinski definition) is 1. The van der Waals surface area contributed by atoms with E-state index >= 15 is 0 Å². The zero-order chi connectivity index (χ0) is 14.5. The van der Waals surface area contributed by atoms with E-state index in [1.165, 1.54) is 11.8 Å². The molecule has 0 saturated carbocycles. The van der Waals surface area contributed by atoms with E-state index in [1.807, 2.05) is 24.3 Å². The minimum absolute atomic E-state index is 0.239. The van der Waals surface area contributed by atoms with E-state index < -0.39 is 5.97 Å². The SMILES string of the molecule is N#Cc1ccccc1CSc1ccc(Br)c(C(=O)O)c1. The second kappa shape index (κ2) is 6.60. The van der Waals surface area contributed by atoms with Crippen molar-refractivity contribution >= 4 is 33.7 Å². The van der Waals surface area contributed by atoms with Crippen LogP contribution in [0.4, 0.5) is 0 Å². The molecule has 2 aromatic rings. The van der Waals surface area contributed by atoms with Gasteiger partial charge in [-0.1, -0.05) is 18.2 Å². The summed E-state index contributed by atoms with van der Waals surface area (Å²) in [6.07, 6.45) is 0. The van der Waals surface area contributed by atoms with Gasteiger partial charge < -0.3 is 5.11 Å². The number of carboxylic acids is 1. The summed E-state index contributed by atoms with van der Waals surface area (Å²) < 4.78 is 0.562. The Hall–Kier alpha value is -1.77. The largest absolute Gasteiger partial charge is 0.478 e. The number of halogens is 1. The highest BCUT2D eigenvalue weighted by molar-refractivity contribution is 9.10. The molecule has 0 aromatic heterocycles. The molecule has 0 aliphatic carbocycles. The van der Waals surface area contributed by atoms with E-state index in [0.29, 0.717) is 15.8 Å². The van der Waals surface area contributed by atoms with Crippen LogP contribution < -0.4 is 0 Å². The lowest BCUT2D eigenvalue weighted by atomic mass is 10.1. The highest BCUT2D eigenvalue weighted by Gasteiger charge is 2.10. The molecule has 0 aliphatic rings. The van der Waals surface area contributed by atoms with Gasteiger partial charge in [-0.3, -0.25) is 0 Å². The molecule has 100 valence electrons. The monoisotopic (exact) mass is 347 g/mol. The summed E-state index contributed by atoms with van der Waals surface area (Å²) >= 11 is 4.72. The fraction of sp³-hybridized carbons (Fsp3) is 0.0667. The summed E-state index contributed by atoms with van der Waals surface area (Å²) in [6.45, 7) is 0. The van der Waals surface area contributed by atoms with Crippen molar-refractivity contribution in [1.29, 1.82) is 5.26 Å². The first kappa shape index (κ1) is 14.6. The Balaban J connectivity index is 2.18. The Labute approximate surface area is 129 Å². The van der Waals surface area contributed by atoms with Crippen LogP contribution in [-0.2, 0) is 5.75 Å². The summed E-state index contributed by atoms with van der Waals surface area (Å²) in [6, 6.07) is 14.8. The molecule has 5 heteroatoms. The molecule has 0 bridgehead atoms. The van der Waals surface area contributed by atoms with Gasteiger partial charge >= 0.3 is 5.97 Å². The van der Waals surface area contributed by atoms with Crippen molar-refractivity contribution < 1.29 is 9.90 Å². The Morgan fingerprint density at radius 2 is 2.05 bits per heavy atom. The standard InChI is InChI=1S/C15H10BrNO2S/c16-14-6-5-12(7-13(14)15(18)19)20-9-11-4-2-1-3-10(11)8-17/h1-7H,9H2,(H,18,19). The molecule has 1 N–H and O–H groups in total. The molecule has 2 aromatic carbocycles. The highest BCUT2D eigenvalue weighted by atomic mass is 79.9. The minimum Gasteiger partial charge on any atom is -0.478 e. The van der Waals surface area contributed by atoms with Crippen LogP contribution in [0.15, 0.2) is 51.8 Å². The van der Waals surface area contributed by atoms with Crippen molar-refractivity contribution in [3.05, 3.63) is 63.6 Å². The fourth-order valence-corrected chi connectivity index (χ4v) is 3.03. The van der Waals surface area contributed by atoms with Gasteiger partial charge in [-0.15, -0.1) is 11.8 Å². The van der Waals surface area contributed by atoms with Gasteiger partial charge in [0.05, 0.1) is 17.2 Å². The molecular weight excluding hydrogens is 338 g/mol. The van der Waals surface area contributed by atoms with Crippen LogP contribution in [0.3, 0.4) is 0 Å². The first-order chi connectivity index (χ1) is 9.61. The molecule has 20 heavy (non-hydrogen) atoms. The van der Waals surface area contributed by atoms with Crippen molar-refractivity contribution in [3.8, 4) is 6.07 Å². The van der Waals surface area contributed by atoms with Crippen molar-refractivity contribution in [2.24, 2.45) is 0 Å². The average molecular weight is 348 g/mol. The molecule has 0 spiro atoms. The molecule has 2 rings (SSSR count). The number of carbonyl (C=O) groups is 1. The molecule has 0 atom stereocenters. The molecule has 3 nitrogen and oxygen atoms in total. The maximum Gasteiger partial charge on any atom is 0.336 e. The molecule has 0 radical (unpaired) electrons. The topological polar surface area (TPSA) is 61.1 Å². The molecule has 0 unspecified atom stereocenters. The predicted octanol–water partition coefficient (Wildman–Crippen LogP) is 4.31. The Morgan fingerprint density at radius 1 is 1.30 bits per heavy atom. The van der Waals surface area contributed by atoms with E-state index in [2.05, 4.69) is 22.0 Å². The number of aromatic carboxylic acids is 1. The Kier molecular flexibility index (Phi) is 4.83. The van der Waals surface area contributed by atoms with Crippen molar-refractivity contribution in [3.63, 3.8) is 0 Å². The molecule has 0 saturated heterocycles. The first-order valence-corrected chi connectivity index (χ1v) is 7.53. The van der Waals surface area contributed by atoms with Crippen LogP contribution in [0.5, 0.6) is 0 Å².